The average molecular weight is 230 g/mol. The minimum atomic E-state index is -4.23. The molecule has 0 spiro atoms. The molecule has 0 nitrogen and oxygen atoms in total. The largest absolute Gasteiger partial charge is 0.416 e. The number of alkyl halides is 3. The third kappa shape index (κ3) is 2.57. The van der Waals surface area contributed by atoms with Crippen LogP contribution in [0.5, 0.6) is 0 Å². The number of aryl methyl sites for hydroxylation is 1. The van der Waals surface area contributed by atoms with Crippen molar-refractivity contribution in [2.45, 2.75) is 46.2 Å². The van der Waals surface area contributed by atoms with Gasteiger partial charge in [-0.3, -0.25) is 0 Å². The quantitative estimate of drug-likeness (QED) is 0.715. The minimum absolute atomic E-state index is 0.461. The summed E-state index contributed by atoms with van der Waals surface area (Å²) in [6.45, 7) is 5.68. The van der Waals surface area contributed by atoms with E-state index in [0.29, 0.717) is 18.4 Å². The molecule has 3 heteroatoms. The predicted molar refractivity (Wildman–Crippen MR) is 59.6 cm³/mol. The van der Waals surface area contributed by atoms with Gasteiger partial charge in [-0.05, 0) is 42.5 Å². The summed E-state index contributed by atoms with van der Waals surface area (Å²) < 4.78 is 38.5. The Hall–Kier alpha value is -0.990. The van der Waals surface area contributed by atoms with E-state index in [1.807, 2.05) is 20.8 Å². The van der Waals surface area contributed by atoms with Crippen molar-refractivity contribution in [3.63, 3.8) is 0 Å². The van der Waals surface area contributed by atoms with Gasteiger partial charge in [0.15, 0.2) is 0 Å². The van der Waals surface area contributed by atoms with E-state index in [4.69, 9.17) is 0 Å². The molecule has 0 heterocycles. The standard InChI is InChI=1S/C13H17F3/c1-4-6-11-10(5-2)9(3)7-8-12(11)13(14,15)16/h7-8H,4-6H2,1-3H3. The Bertz CT molecular complexity index is 364. The first-order chi connectivity index (χ1) is 7.41. The van der Waals surface area contributed by atoms with Crippen LogP contribution in [0.25, 0.3) is 0 Å². The maximum atomic E-state index is 12.8. The SMILES string of the molecule is CCCc1c(C(F)(F)F)ccc(C)c1CC. The Labute approximate surface area is 94.5 Å². The van der Waals surface area contributed by atoms with Gasteiger partial charge in [0, 0.05) is 0 Å². The molecule has 0 N–H and O–H groups in total. The Balaban J connectivity index is 3.39. The molecule has 0 amide bonds. The Morgan fingerprint density at radius 2 is 1.69 bits per heavy atom. The van der Waals surface area contributed by atoms with Crippen molar-refractivity contribution in [2.75, 3.05) is 0 Å². The van der Waals surface area contributed by atoms with Crippen LogP contribution in [0.4, 0.5) is 13.2 Å². The maximum absolute atomic E-state index is 12.8. The van der Waals surface area contributed by atoms with Crippen molar-refractivity contribution in [3.05, 3.63) is 34.4 Å². The van der Waals surface area contributed by atoms with Crippen LogP contribution >= 0.6 is 0 Å². The predicted octanol–water partition coefficient (Wildman–Crippen LogP) is 4.53. The Morgan fingerprint density at radius 3 is 2.12 bits per heavy atom. The molecular weight excluding hydrogens is 213 g/mol. The van der Waals surface area contributed by atoms with E-state index in [2.05, 4.69) is 0 Å². The number of halogens is 3. The fourth-order valence-corrected chi connectivity index (χ4v) is 2.10. The van der Waals surface area contributed by atoms with Crippen molar-refractivity contribution < 1.29 is 13.2 Å². The molecule has 16 heavy (non-hydrogen) atoms. The van der Waals surface area contributed by atoms with Crippen molar-refractivity contribution >= 4 is 0 Å². The van der Waals surface area contributed by atoms with Gasteiger partial charge in [-0.25, -0.2) is 0 Å². The first-order valence-electron chi connectivity index (χ1n) is 5.60. The average Bonchev–Trinajstić information content (AvgIpc) is 2.16. The molecule has 0 fully saturated rings. The molecule has 0 unspecified atom stereocenters. The van der Waals surface area contributed by atoms with E-state index in [1.54, 1.807) is 6.07 Å². The molecule has 1 aromatic rings. The molecular formula is C13H17F3. The van der Waals surface area contributed by atoms with Crippen molar-refractivity contribution in [1.82, 2.24) is 0 Å². The third-order valence-electron chi connectivity index (χ3n) is 2.82. The van der Waals surface area contributed by atoms with Gasteiger partial charge in [-0.15, -0.1) is 0 Å². The molecule has 0 aliphatic carbocycles. The summed E-state index contributed by atoms with van der Waals surface area (Å²) in [5.41, 5.74) is 1.84. The zero-order chi connectivity index (χ0) is 12.3. The molecule has 1 rings (SSSR count). The van der Waals surface area contributed by atoms with Gasteiger partial charge in [0.25, 0.3) is 0 Å². The highest BCUT2D eigenvalue weighted by molar-refractivity contribution is 5.42. The van der Waals surface area contributed by atoms with Crippen LogP contribution < -0.4 is 0 Å². The van der Waals surface area contributed by atoms with Crippen molar-refractivity contribution in [3.8, 4) is 0 Å². The van der Waals surface area contributed by atoms with Gasteiger partial charge < -0.3 is 0 Å². The highest BCUT2D eigenvalue weighted by atomic mass is 19.4. The van der Waals surface area contributed by atoms with Crippen LogP contribution in [-0.2, 0) is 19.0 Å². The molecule has 0 bridgehead atoms. The van der Waals surface area contributed by atoms with Crippen LogP contribution in [0.3, 0.4) is 0 Å². The molecule has 0 aromatic heterocycles. The zero-order valence-electron chi connectivity index (χ0n) is 9.91. The van der Waals surface area contributed by atoms with E-state index < -0.39 is 11.7 Å². The number of hydrogen-bond acceptors (Lipinski definition) is 0. The van der Waals surface area contributed by atoms with Gasteiger partial charge >= 0.3 is 6.18 Å². The maximum Gasteiger partial charge on any atom is 0.416 e. The van der Waals surface area contributed by atoms with Crippen molar-refractivity contribution in [2.24, 2.45) is 0 Å². The lowest BCUT2D eigenvalue weighted by atomic mass is 9.92. The second kappa shape index (κ2) is 4.89. The second-order valence-corrected chi connectivity index (χ2v) is 3.99. The molecule has 0 atom stereocenters. The highest BCUT2D eigenvalue weighted by Crippen LogP contribution is 2.35. The van der Waals surface area contributed by atoms with Crippen LogP contribution in [0.15, 0.2) is 12.1 Å². The number of benzene rings is 1. The first-order valence-corrected chi connectivity index (χ1v) is 5.60. The lowest BCUT2D eigenvalue weighted by Crippen LogP contribution is -2.12. The first kappa shape index (κ1) is 13.1. The smallest absolute Gasteiger partial charge is 0.166 e. The summed E-state index contributed by atoms with van der Waals surface area (Å²) in [5.74, 6) is 0. The van der Waals surface area contributed by atoms with Gasteiger partial charge in [0.05, 0.1) is 5.56 Å². The number of rotatable bonds is 3. The fraction of sp³-hybridized carbons (Fsp3) is 0.538. The summed E-state index contributed by atoms with van der Waals surface area (Å²) in [5, 5.41) is 0. The van der Waals surface area contributed by atoms with E-state index in [9.17, 15) is 13.2 Å². The molecule has 0 aliphatic rings. The Kier molecular flexibility index (Phi) is 4.00. The highest BCUT2D eigenvalue weighted by Gasteiger charge is 2.33. The summed E-state index contributed by atoms with van der Waals surface area (Å²) >= 11 is 0. The zero-order valence-corrected chi connectivity index (χ0v) is 9.91. The summed E-state index contributed by atoms with van der Waals surface area (Å²) in [4.78, 5) is 0. The van der Waals surface area contributed by atoms with Crippen LogP contribution in [0.2, 0.25) is 0 Å². The van der Waals surface area contributed by atoms with E-state index in [-0.39, 0.29) is 0 Å². The molecule has 0 saturated carbocycles. The van der Waals surface area contributed by atoms with Crippen LogP contribution in [0, 0.1) is 6.92 Å². The van der Waals surface area contributed by atoms with E-state index in [0.717, 1.165) is 17.5 Å². The fourth-order valence-electron chi connectivity index (χ4n) is 2.10. The normalized spacial score (nSPS) is 11.9. The minimum Gasteiger partial charge on any atom is -0.166 e. The summed E-state index contributed by atoms with van der Waals surface area (Å²) in [7, 11) is 0. The summed E-state index contributed by atoms with van der Waals surface area (Å²) in [6, 6.07) is 2.78. The van der Waals surface area contributed by atoms with Crippen molar-refractivity contribution in [1.29, 1.82) is 0 Å². The molecule has 0 saturated heterocycles. The van der Waals surface area contributed by atoms with E-state index >= 15 is 0 Å². The van der Waals surface area contributed by atoms with Crippen LogP contribution in [-0.4, -0.2) is 0 Å². The number of hydrogen-bond donors (Lipinski definition) is 0. The lowest BCUT2D eigenvalue weighted by Gasteiger charge is -2.17. The summed E-state index contributed by atoms with van der Waals surface area (Å²) in [6.07, 6.45) is -2.34. The monoisotopic (exact) mass is 230 g/mol. The molecule has 0 radical (unpaired) electrons. The third-order valence-corrected chi connectivity index (χ3v) is 2.82. The Morgan fingerprint density at radius 1 is 1.06 bits per heavy atom. The van der Waals surface area contributed by atoms with Gasteiger partial charge in [-0.1, -0.05) is 26.3 Å². The molecule has 0 aliphatic heterocycles. The molecule has 90 valence electrons. The lowest BCUT2D eigenvalue weighted by molar-refractivity contribution is -0.138. The van der Waals surface area contributed by atoms with Crippen LogP contribution in [0.1, 0.15) is 42.5 Å². The molecule has 1 aromatic carbocycles. The van der Waals surface area contributed by atoms with Gasteiger partial charge in [0.1, 0.15) is 0 Å². The second-order valence-electron chi connectivity index (χ2n) is 3.99. The van der Waals surface area contributed by atoms with E-state index in [1.165, 1.54) is 6.07 Å². The van der Waals surface area contributed by atoms with Gasteiger partial charge in [0.2, 0.25) is 0 Å². The topological polar surface area (TPSA) is 0 Å². The van der Waals surface area contributed by atoms with Gasteiger partial charge in [-0.2, -0.15) is 13.2 Å².